The maximum atomic E-state index is 12.0. The van der Waals surface area contributed by atoms with Crippen LogP contribution in [0.1, 0.15) is 53.9 Å². The molecule has 3 nitrogen and oxygen atoms in total. The quantitative estimate of drug-likeness (QED) is 0.772. The Morgan fingerprint density at radius 3 is 2.59 bits per heavy atom. The zero-order valence-corrected chi connectivity index (χ0v) is 11.9. The standard InChI is InChI=1S/C14H27NO2/c1-10(2)8-12-9-11(6-7-15-12)13(16)17-14(3,4)5/h10-12,15H,6-9H2,1-5H3. The molecule has 0 aromatic carbocycles. The molecule has 1 saturated heterocycles. The van der Waals surface area contributed by atoms with Crippen LogP contribution in [0.5, 0.6) is 0 Å². The van der Waals surface area contributed by atoms with Crippen LogP contribution in [0, 0.1) is 11.8 Å². The second kappa shape index (κ2) is 5.85. The molecule has 0 aromatic rings. The number of nitrogens with one attached hydrogen (secondary N) is 1. The van der Waals surface area contributed by atoms with E-state index in [1.54, 1.807) is 0 Å². The summed E-state index contributed by atoms with van der Waals surface area (Å²) in [5.74, 6) is 0.733. The van der Waals surface area contributed by atoms with E-state index in [2.05, 4.69) is 19.2 Å². The average molecular weight is 241 g/mol. The number of rotatable bonds is 3. The molecule has 1 rings (SSSR count). The van der Waals surface area contributed by atoms with Gasteiger partial charge < -0.3 is 10.1 Å². The van der Waals surface area contributed by atoms with E-state index in [0.717, 1.165) is 25.8 Å². The van der Waals surface area contributed by atoms with Gasteiger partial charge in [0.2, 0.25) is 0 Å². The Morgan fingerprint density at radius 1 is 1.41 bits per heavy atom. The van der Waals surface area contributed by atoms with E-state index in [4.69, 9.17) is 4.74 Å². The van der Waals surface area contributed by atoms with Crippen LogP contribution in [-0.4, -0.2) is 24.2 Å². The molecule has 0 spiro atoms. The van der Waals surface area contributed by atoms with Crippen LogP contribution in [0.2, 0.25) is 0 Å². The van der Waals surface area contributed by atoms with E-state index in [1.165, 1.54) is 0 Å². The monoisotopic (exact) mass is 241 g/mol. The van der Waals surface area contributed by atoms with Crippen molar-refractivity contribution in [3.05, 3.63) is 0 Å². The number of carbonyl (C=O) groups is 1. The molecule has 0 saturated carbocycles. The molecule has 17 heavy (non-hydrogen) atoms. The van der Waals surface area contributed by atoms with Crippen LogP contribution >= 0.6 is 0 Å². The van der Waals surface area contributed by atoms with Crippen molar-refractivity contribution in [1.82, 2.24) is 5.32 Å². The Labute approximate surface area is 105 Å². The van der Waals surface area contributed by atoms with Crippen LogP contribution in [0.15, 0.2) is 0 Å². The van der Waals surface area contributed by atoms with Gasteiger partial charge in [0, 0.05) is 6.04 Å². The maximum absolute atomic E-state index is 12.0. The third-order valence-electron chi connectivity index (χ3n) is 2.99. The minimum absolute atomic E-state index is 0.0206. The van der Waals surface area contributed by atoms with Gasteiger partial charge in [0.1, 0.15) is 5.60 Å². The number of hydrogen-bond donors (Lipinski definition) is 1. The molecule has 2 atom stereocenters. The second-order valence-electron chi connectivity index (χ2n) is 6.54. The Bertz CT molecular complexity index is 255. The first-order valence-corrected chi connectivity index (χ1v) is 6.74. The van der Waals surface area contributed by atoms with E-state index < -0.39 is 0 Å². The van der Waals surface area contributed by atoms with Crippen molar-refractivity contribution in [2.24, 2.45) is 11.8 Å². The number of ether oxygens (including phenoxy) is 1. The lowest BCUT2D eigenvalue weighted by Gasteiger charge is -2.32. The van der Waals surface area contributed by atoms with Crippen molar-refractivity contribution in [1.29, 1.82) is 0 Å². The van der Waals surface area contributed by atoms with Gasteiger partial charge in [-0.25, -0.2) is 0 Å². The lowest BCUT2D eigenvalue weighted by molar-refractivity contribution is -0.161. The summed E-state index contributed by atoms with van der Waals surface area (Å²) in [5.41, 5.74) is -0.366. The number of carbonyl (C=O) groups excluding carboxylic acids is 1. The van der Waals surface area contributed by atoms with E-state index in [1.807, 2.05) is 20.8 Å². The largest absolute Gasteiger partial charge is 0.460 e. The zero-order valence-electron chi connectivity index (χ0n) is 11.9. The molecule has 1 aliphatic rings. The van der Waals surface area contributed by atoms with Crippen LogP contribution in [-0.2, 0) is 9.53 Å². The van der Waals surface area contributed by atoms with E-state index >= 15 is 0 Å². The number of hydrogen-bond acceptors (Lipinski definition) is 3. The molecule has 1 heterocycles. The Kier molecular flexibility index (Phi) is 4.99. The SMILES string of the molecule is CC(C)CC1CC(C(=O)OC(C)(C)C)CCN1. The van der Waals surface area contributed by atoms with Crippen LogP contribution in [0.25, 0.3) is 0 Å². The smallest absolute Gasteiger partial charge is 0.309 e. The van der Waals surface area contributed by atoms with Gasteiger partial charge in [-0.2, -0.15) is 0 Å². The van der Waals surface area contributed by atoms with Crippen LogP contribution < -0.4 is 5.32 Å². The molecular formula is C14H27NO2. The molecule has 0 radical (unpaired) electrons. The molecule has 0 amide bonds. The van der Waals surface area contributed by atoms with Gasteiger partial charge in [-0.1, -0.05) is 13.8 Å². The topological polar surface area (TPSA) is 38.3 Å². The summed E-state index contributed by atoms with van der Waals surface area (Å²) >= 11 is 0. The van der Waals surface area contributed by atoms with Gasteiger partial charge in [-0.15, -0.1) is 0 Å². The summed E-state index contributed by atoms with van der Waals surface area (Å²) in [4.78, 5) is 12.0. The fourth-order valence-electron chi connectivity index (χ4n) is 2.35. The summed E-state index contributed by atoms with van der Waals surface area (Å²) in [6.07, 6.45) is 2.97. The second-order valence-corrected chi connectivity index (χ2v) is 6.54. The molecule has 3 heteroatoms. The molecule has 1 N–H and O–H groups in total. The van der Waals surface area contributed by atoms with Gasteiger partial charge in [0.05, 0.1) is 5.92 Å². The third-order valence-corrected chi connectivity index (χ3v) is 2.99. The first kappa shape index (κ1) is 14.5. The Hall–Kier alpha value is -0.570. The lowest BCUT2D eigenvalue weighted by Crippen LogP contribution is -2.42. The highest BCUT2D eigenvalue weighted by molar-refractivity contribution is 5.73. The van der Waals surface area contributed by atoms with E-state index in [-0.39, 0.29) is 17.5 Å². The molecular weight excluding hydrogens is 214 g/mol. The minimum Gasteiger partial charge on any atom is -0.460 e. The van der Waals surface area contributed by atoms with Crippen molar-refractivity contribution < 1.29 is 9.53 Å². The van der Waals surface area contributed by atoms with Gasteiger partial charge in [-0.05, 0) is 52.5 Å². The van der Waals surface area contributed by atoms with Crippen molar-refractivity contribution in [3.63, 3.8) is 0 Å². The molecule has 100 valence electrons. The van der Waals surface area contributed by atoms with E-state index in [0.29, 0.717) is 12.0 Å². The summed E-state index contributed by atoms with van der Waals surface area (Å²) in [6.45, 7) is 11.2. The van der Waals surface area contributed by atoms with Crippen molar-refractivity contribution in [2.75, 3.05) is 6.54 Å². The minimum atomic E-state index is -0.366. The normalized spacial score (nSPS) is 26.0. The molecule has 2 unspecified atom stereocenters. The molecule has 0 aromatic heterocycles. The molecule has 1 aliphatic heterocycles. The van der Waals surface area contributed by atoms with Crippen molar-refractivity contribution in [3.8, 4) is 0 Å². The van der Waals surface area contributed by atoms with Gasteiger partial charge in [0.15, 0.2) is 0 Å². The average Bonchev–Trinajstić information content (AvgIpc) is 2.14. The summed E-state index contributed by atoms with van der Waals surface area (Å²) in [6, 6.07) is 0.473. The third kappa shape index (κ3) is 5.53. The molecule has 1 fully saturated rings. The number of esters is 1. The Morgan fingerprint density at radius 2 is 2.06 bits per heavy atom. The highest BCUT2D eigenvalue weighted by atomic mass is 16.6. The molecule has 0 aliphatic carbocycles. The Balaban J connectivity index is 2.46. The summed E-state index contributed by atoms with van der Waals surface area (Å²) in [5, 5.41) is 3.49. The van der Waals surface area contributed by atoms with Crippen LogP contribution in [0.3, 0.4) is 0 Å². The maximum Gasteiger partial charge on any atom is 0.309 e. The predicted octanol–water partition coefficient (Wildman–Crippen LogP) is 2.74. The zero-order chi connectivity index (χ0) is 13.1. The summed E-state index contributed by atoms with van der Waals surface area (Å²) in [7, 11) is 0. The van der Waals surface area contributed by atoms with Crippen molar-refractivity contribution >= 4 is 5.97 Å². The number of piperidine rings is 1. The van der Waals surface area contributed by atoms with Gasteiger partial charge >= 0.3 is 5.97 Å². The lowest BCUT2D eigenvalue weighted by atomic mass is 9.88. The highest BCUT2D eigenvalue weighted by Crippen LogP contribution is 2.23. The molecule has 0 bridgehead atoms. The van der Waals surface area contributed by atoms with E-state index in [9.17, 15) is 4.79 Å². The summed E-state index contributed by atoms with van der Waals surface area (Å²) < 4.78 is 5.46. The van der Waals surface area contributed by atoms with Crippen LogP contribution in [0.4, 0.5) is 0 Å². The fraction of sp³-hybridized carbons (Fsp3) is 0.929. The highest BCUT2D eigenvalue weighted by Gasteiger charge is 2.30. The fourth-order valence-corrected chi connectivity index (χ4v) is 2.35. The first-order valence-electron chi connectivity index (χ1n) is 6.74. The van der Waals surface area contributed by atoms with Gasteiger partial charge in [-0.3, -0.25) is 4.79 Å². The predicted molar refractivity (Wildman–Crippen MR) is 69.8 cm³/mol. The van der Waals surface area contributed by atoms with Crippen molar-refractivity contribution in [2.45, 2.75) is 65.5 Å². The first-order chi connectivity index (χ1) is 7.78. The van der Waals surface area contributed by atoms with Gasteiger partial charge in [0.25, 0.3) is 0 Å².